The van der Waals surface area contributed by atoms with Crippen LogP contribution in [-0.2, 0) is 12.7 Å². The first-order valence-electron chi connectivity index (χ1n) is 7.10. The van der Waals surface area contributed by atoms with E-state index < -0.39 is 22.7 Å². The smallest absolute Gasteiger partial charge is 0.323 e. The molecule has 0 aliphatic carbocycles. The normalized spacial score (nSPS) is 11.0. The van der Waals surface area contributed by atoms with E-state index in [2.05, 4.69) is 5.32 Å². The lowest BCUT2D eigenvalue weighted by atomic mass is 10.1. The number of hydrogen-bond donors (Lipinski definition) is 1. The van der Waals surface area contributed by atoms with Gasteiger partial charge in [-0.15, -0.1) is 0 Å². The number of carbonyl (C=O) groups excluding carboxylic acids is 1. The van der Waals surface area contributed by atoms with Gasteiger partial charge < -0.3 is 10.2 Å². The molecular formula is C16H14F3N3O3. The molecule has 0 aromatic heterocycles. The van der Waals surface area contributed by atoms with Gasteiger partial charge in [-0.25, -0.2) is 4.79 Å². The number of hydrogen-bond acceptors (Lipinski definition) is 3. The Morgan fingerprint density at radius 1 is 1.16 bits per heavy atom. The molecule has 0 bridgehead atoms. The molecular weight excluding hydrogens is 339 g/mol. The number of nitro groups is 1. The molecule has 2 amide bonds. The lowest BCUT2D eigenvalue weighted by Gasteiger charge is -2.20. The molecule has 0 saturated heterocycles. The van der Waals surface area contributed by atoms with Crippen molar-refractivity contribution in [2.75, 3.05) is 12.4 Å². The van der Waals surface area contributed by atoms with Crippen LogP contribution in [0.4, 0.5) is 29.3 Å². The summed E-state index contributed by atoms with van der Waals surface area (Å²) in [6.07, 6.45) is -4.51. The van der Waals surface area contributed by atoms with E-state index in [1.165, 1.54) is 49.5 Å². The Bertz CT molecular complexity index is 776. The highest BCUT2D eigenvalue weighted by Gasteiger charge is 2.33. The Balaban J connectivity index is 2.07. The molecule has 0 heterocycles. The van der Waals surface area contributed by atoms with Gasteiger partial charge >= 0.3 is 12.2 Å². The van der Waals surface area contributed by atoms with Crippen molar-refractivity contribution in [2.45, 2.75) is 12.7 Å². The van der Waals surface area contributed by atoms with E-state index in [1.807, 2.05) is 0 Å². The SMILES string of the molecule is CN(Cc1ccccc1C(F)(F)F)C(=O)Nc1ccc([N+](=O)[O-])cc1. The Labute approximate surface area is 141 Å². The van der Waals surface area contributed by atoms with Crippen molar-refractivity contribution in [3.8, 4) is 0 Å². The summed E-state index contributed by atoms with van der Waals surface area (Å²) in [6, 6.07) is 9.49. The van der Waals surface area contributed by atoms with Gasteiger partial charge in [0.1, 0.15) is 0 Å². The van der Waals surface area contributed by atoms with E-state index in [0.29, 0.717) is 5.69 Å². The van der Waals surface area contributed by atoms with Crippen LogP contribution in [0, 0.1) is 10.1 Å². The quantitative estimate of drug-likeness (QED) is 0.658. The lowest BCUT2D eigenvalue weighted by molar-refractivity contribution is -0.384. The van der Waals surface area contributed by atoms with Crippen molar-refractivity contribution in [2.24, 2.45) is 0 Å². The number of halogens is 3. The van der Waals surface area contributed by atoms with Gasteiger partial charge in [-0.2, -0.15) is 13.2 Å². The highest BCUT2D eigenvalue weighted by molar-refractivity contribution is 5.89. The summed E-state index contributed by atoms with van der Waals surface area (Å²) in [4.78, 5) is 23.2. The fraction of sp³-hybridized carbons (Fsp3) is 0.188. The van der Waals surface area contributed by atoms with Crippen molar-refractivity contribution in [3.63, 3.8) is 0 Å². The number of alkyl halides is 3. The molecule has 0 unspecified atom stereocenters. The fourth-order valence-electron chi connectivity index (χ4n) is 2.15. The Kier molecular flexibility index (Phi) is 5.26. The van der Waals surface area contributed by atoms with Crippen LogP contribution in [0.3, 0.4) is 0 Å². The van der Waals surface area contributed by atoms with E-state index in [-0.39, 0.29) is 17.8 Å². The predicted octanol–water partition coefficient (Wildman–Crippen LogP) is 4.28. The number of non-ortho nitro benzene ring substituents is 1. The average Bonchev–Trinajstić information content (AvgIpc) is 2.54. The third-order valence-electron chi connectivity index (χ3n) is 3.41. The molecule has 2 rings (SSSR count). The molecule has 6 nitrogen and oxygen atoms in total. The van der Waals surface area contributed by atoms with Gasteiger partial charge in [-0.1, -0.05) is 18.2 Å². The van der Waals surface area contributed by atoms with E-state index in [9.17, 15) is 28.1 Å². The Morgan fingerprint density at radius 3 is 2.32 bits per heavy atom. The largest absolute Gasteiger partial charge is 0.416 e. The summed E-state index contributed by atoms with van der Waals surface area (Å²) in [5.74, 6) is 0. The van der Waals surface area contributed by atoms with Gasteiger partial charge in [0.25, 0.3) is 5.69 Å². The maximum atomic E-state index is 13.0. The number of rotatable bonds is 4. The van der Waals surface area contributed by atoms with Crippen molar-refractivity contribution in [1.29, 1.82) is 0 Å². The number of carbonyl (C=O) groups is 1. The second-order valence-electron chi connectivity index (χ2n) is 5.25. The van der Waals surface area contributed by atoms with Crippen LogP contribution >= 0.6 is 0 Å². The molecule has 0 fully saturated rings. The van der Waals surface area contributed by atoms with Crippen LogP contribution in [0.25, 0.3) is 0 Å². The predicted molar refractivity (Wildman–Crippen MR) is 85.0 cm³/mol. The lowest BCUT2D eigenvalue weighted by Crippen LogP contribution is -2.31. The number of nitrogens with one attached hydrogen (secondary N) is 1. The maximum absolute atomic E-state index is 13.0. The van der Waals surface area contributed by atoms with E-state index >= 15 is 0 Å². The Hall–Kier alpha value is -3.10. The zero-order chi connectivity index (χ0) is 18.6. The topological polar surface area (TPSA) is 75.5 Å². The molecule has 0 aliphatic rings. The summed E-state index contributed by atoms with van der Waals surface area (Å²) in [5, 5.41) is 13.0. The molecule has 132 valence electrons. The van der Waals surface area contributed by atoms with Crippen molar-refractivity contribution in [3.05, 3.63) is 69.8 Å². The minimum atomic E-state index is -4.51. The van der Waals surface area contributed by atoms with Gasteiger partial charge in [0.05, 0.1) is 10.5 Å². The van der Waals surface area contributed by atoms with Gasteiger partial charge in [0.2, 0.25) is 0 Å². The first-order valence-corrected chi connectivity index (χ1v) is 7.10. The summed E-state index contributed by atoms with van der Waals surface area (Å²) >= 11 is 0. The van der Waals surface area contributed by atoms with Gasteiger partial charge in [0, 0.05) is 31.4 Å². The molecule has 0 spiro atoms. The van der Waals surface area contributed by atoms with Crippen molar-refractivity contribution in [1.82, 2.24) is 4.90 Å². The van der Waals surface area contributed by atoms with Crippen molar-refractivity contribution < 1.29 is 22.9 Å². The van der Waals surface area contributed by atoms with E-state index in [0.717, 1.165) is 11.0 Å². The van der Waals surface area contributed by atoms with Crippen LogP contribution < -0.4 is 5.32 Å². The van der Waals surface area contributed by atoms with Crippen LogP contribution in [0.15, 0.2) is 48.5 Å². The summed E-state index contributed by atoms with van der Waals surface area (Å²) in [7, 11) is 1.36. The monoisotopic (exact) mass is 353 g/mol. The van der Waals surface area contributed by atoms with Crippen LogP contribution in [-0.4, -0.2) is 22.9 Å². The number of anilines is 1. The van der Waals surface area contributed by atoms with Crippen LogP contribution in [0.2, 0.25) is 0 Å². The molecule has 0 aliphatic heterocycles. The van der Waals surface area contributed by atoms with Crippen LogP contribution in [0.5, 0.6) is 0 Å². The summed E-state index contributed by atoms with van der Waals surface area (Å²) in [6.45, 7) is -0.242. The van der Waals surface area contributed by atoms with E-state index in [4.69, 9.17) is 0 Å². The molecule has 2 aromatic carbocycles. The first-order chi connectivity index (χ1) is 11.7. The zero-order valence-corrected chi connectivity index (χ0v) is 13.1. The summed E-state index contributed by atoms with van der Waals surface area (Å²) in [5.41, 5.74) is -0.668. The van der Waals surface area contributed by atoms with E-state index in [1.54, 1.807) is 0 Å². The standard InChI is InChI=1S/C16H14F3N3O3/c1-21(10-11-4-2-3-5-14(11)16(17,18)19)15(23)20-12-6-8-13(9-7-12)22(24)25/h2-9H,10H2,1H3,(H,20,23). The number of nitro benzene ring substituents is 1. The molecule has 0 saturated carbocycles. The molecule has 0 atom stereocenters. The number of nitrogens with zero attached hydrogens (tertiary/aromatic N) is 2. The van der Waals surface area contributed by atoms with Crippen LogP contribution in [0.1, 0.15) is 11.1 Å². The molecule has 0 radical (unpaired) electrons. The minimum Gasteiger partial charge on any atom is -0.323 e. The van der Waals surface area contributed by atoms with Gasteiger partial charge in [-0.3, -0.25) is 10.1 Å². The fourth-order valence-corrected chi connectivity index (χ4v) is 2.15. The molecule has 2 aromatic rings. The van der Waals surface area contributed by atoms with Crippen molar-refractivity contribution >= 4 is 17.4 Å². The summed E-state index contributed by atoms with van der Waals surface area (Å²) < 4.78 is 38.9. The second-order valence-corrected chi connectivity index (χ2v) is 5.25. The minimum absolute atomic E-state index is 0.0312. The number of amides is 2. The number of benzene rings is 2. The zero-order valence-electron chi connectivity index (χ0n) is 13.1. The highest BCUT2D eigenvalue weighted by atomic mass is 19.4. The first kappa shape index (κ1) is 18.2. The molecule has 9 heteroatoms. The average molecular weight is 353 g/mol. The van der Waals surface area contributed by atoms with Gasteiger partial charge in [-0.05, 0) is 23.8 Å². The molecule has 1 N–H and O–H groups in total. The second kappa shape index (κ2) is 7.20. The highest BCUT2D eigenvalue weighted by Crippen LogP contribution is 2.32. The van der Waals surface area contributed by atoms with Gasteiger partial charge in [0.15, 0.2) is 0 Å². The molecule has 25 heavy (non-hydrogen) atoms. The maximum Gasteiger partial charge on any atom is 0.416 e. The number of urea groups is 1. The third kappa shape index (κ3) is 4.69. The Morgan fingerprint density at radius 2 is 1.76 bits per heavy atom. The third-order valence-corrected chi connectivity index (χ3v) is 3.41.